The molecular formula is C20H15N5O2. The fraction of sp³-hybridized carbons (Fsp3) is 0.0500. The predicted octanol–water partition coefficient (Wildman–Crippen LogP) is 4.18. The molecule has 7 heteroatoms. The summed E-state index contributed by atoms with van der Waals surface area (Å²) in [7, 11) is 0. The molecule has 0 aliphatic rings. The van der Waals surface area contributed by atoms with Crippen LogP contribution in [-0.2, 0) is 6.54 Å². The number of hydrogen-bond donors (Lipinski definition) is 3. The fourth-order valence-corrected chi connectivity index (χ4v) is 3.09. The summed E-state index contributed by atoms with van der Waals surface area (Å²) in [5, 5.41) is 6.50. The van der Waals surface area contributed by atoms with Gasteiger partial charge in [0.2, 0.25) is 0 Å². The summed E-state index contributed by atoms with van der Waals surface area (Å²) in [5.41, 5.74) is 4.77. The SMILES string of the molecule is O=C(NCc1ccco1)Nc1ccc2[nH]c3nc4ccccc4nc3c2c1. The summed E-state index contributed by atoms with van der Waals surface area (Å²) < 4.78 is 5.20. The first kappa shape index (κ1) is 15.4. The van der Waals surface area contributed by atoms with Gasteiger partial charge in [0.1, 0.15) is 11.3 Å². The van der Waals surface area contributed by atoms with Gasteiger partial charge >= 0.3 is 6.03 Å². The van der Waals surface area contributed by atoms with E-state index in [0.717, 1.165) is 33.1 Å². The lowest BCUT2D eigenvalue weighted by atomic mass is 10.2. The number of carbonyl (C=O) groups is 1. The Bertz CT molecular complexity index is 1270. The highest BCUT2D eigenvalue weighted by molar-refractivity contribution is 6.07. The lowest BCUT2D eigenvalue weighted by molar-refractivity contribution is 0.251. The van der Waals surface area contributed by atoms with Crippen molar-refractivity contribution in [1.82, 2.24) is 20.3 Å². The van der Waals surface area contributed by atoms with Crippen LogP contribution in [0.25, 0.3) is 33.1 Å². The molecule has 0 atom stereocenters. The molecule has 27 heavy (non-hydrogen) atoms. The molecule has 132 valence electrons. The van der Waals surface area contributed by atoms with Crippen molar-refractivity contribution in [3.63, 3.8) is 0 Å². The van der Waals surface area contributed by atoms with Crippen molar-refractivity contribution in [2.24, 2.45) is 0 Å². The summed E-state index contributed by atoms with van der Waals surface area (Å²) >= 11 is 0. The first-order valence-electron chi connectivity index (χ1n) is 8.52. The maximum Gasteiger partial charge on any atom is 0.319 e. The molecule has 5 aromatic rings. The van der Waals surface area contributed by atoms with Crippen LogP contribution in [0.4, 0.5) is 10.5 Å². The van der Waals surface area contributed by atoms with Crippen molar-refractivity contribution in [2.75, 3.05) is 5.32 Å². The molecule has 0 aliphatic carbocycles. The molecule has 0 radical (unpaired) electrons. The number of hydrogen-bond acceptors (Lipinski definition) is 4. The number of nitrogens with zero attached hydrogens (tertiary/aromatic N) is 2. The van der Waals surface area contributed by atoms with Crippen molar-refractivity contribution >= 4 is 44.8 Å². The predicted molar refractivity (Wildman–Crippen MR) is 103 cm³/mol. The number of carbonyl (C=O) groups excluding carboxylic acids is 1. The Morgan fingerprint density at radius 2 is 1.89 bits per heavy atom. The van der Waals surface area contributed by atoms with Crippen LogP contribution in [-0.4, -0.2) is 21.0 Å². The molecule has 3 heterocycles. The third-order valence-electron chi connectivity index (χ3n) is 4.36. The number of rotatable bonds is 3. The average Bonchev–Trinajstić information content (AvgIpc) is 3.32. The van der Waals surface area contributed by atoms with E-state index in [-0.39, 0.29) is 6.03 Å². The van der Waals surface area contributed by atoms with Gasteiger partial charge in [-0.1, -0.05) is 12.1 Å². The Kier molecular flexibility index (Phi) is 3.50. The van der Waals surface area contributed by atoms with Gasteiger partial charge in [0.15, 0.2) is 5.65 Å². The van der Waals surface area contributed by atoms with Crippen molar-refractivity contribution in [2.45, 2.75) is 6.54 Å². The zero-order valence-electron chi connectivity index (χ0n) is 14.2. The van der Waals surface area contributed by atoms with E-state index in [4.69, 9.17) is 9.40 Å². The smallest absolute Gasteiger partial charge is 0.319 e. The number of anilines is 1. The monoisotopic (exact) mass is 357 g/mol. The normalized spacial score (nSPS) is 11.3. The van der Waals surface area contributed by atoms with Crippen LogP contribution in [0.3, 0.4) is 0 Å². The summed E-state index contributed by atoms with van der Waals surface area (Å²) in [6, 6.07) is 16.7. The van der Waals surface area contributed by atoms with Gasteiger partial charge in [-0.05, 0) is 42.5 Å². The second-order valence-corrected chi connectivity index (χ2v) is 6.18. The molecule has 0 unspecified atom stereocenters. The van der Waals surface area contributed by atoms with E-state index >= 15 is 0 Å². The van der Waals surface area contributed by atoms with Gasteiger partial charge in [0.05, 0.1) is 23.8 Å². The Balaban J connectivity index is 1.46. The summed E-state index contributed by atoms with van der Waals surface area (Å²) in [6.45, 7) is 0.325. The number of amides is 2. The van der Waals surface area contributed by atoms with Crippen LogP contribution in [0.15, 0.2) is 65.3 Å². The molecule has 0 spiro atoms. The second-order valence-electron chi connectivity index (χ2n) is 6.18. The van der Waals surface area contributed by atoms with E-state index in [1.165, 1.54) is 0 Å². The lowest BCUT2D eigenvalue weighted by Crippen LogP contribution is -2.27. The minimum absolute atomic E-state index is 0.304. The average molecular weight is 357 g/mol. The number of urea groups is 1. The van der Waals surface area contributed by atoms with Crippen molar-refractivity contribution < 1.29 is 9.21 Å². The molecule has 5 rings (SSSR count). The number of nitrogens with one attached hydrogen (secondary N) is 3. The standard InChI is InChI=1S/C20H15N5O2/c26-20(21-11-13-4-3-9-27-13)22-12-7-8-15-14(10-12)18-19(24-15)25-17-6-2-1-5-16(17)23-18/h1-10H,11H2,(H,24,25)(H2,21,22,26). The maximum atomic E-state index is 12.1. The third kappa shape index (κ3) is 2.85. The molecular weight excluding hydrogens is 342 g/mol. The van der Waals surface area contributed by atoms with Gasteiger partial charge in [-0.3, -0.25) is 0 Å². The number of aromatic amines is 1. The molecule has 0 saturated heterocycles. The number of para-hydroxylation sites is 2. The molecule has 7 nitrogen and oxygen atoms in total. The van der Waals surface area contributed by atoms with Crippen molar-refractivity contribution in [1.29, 1.82) is 0 Å². The molecule has 0 aliphatic heterocycles. The summed E-state index contributed by atoms with van der Waals surface area (Å²) in [5.74, 6) is 0.694. The Morgan fingerprint density at radius 1 is 1.04 bits per heavy atom. The topological polar surface area (TPSA) is 95.8 Å². The number of benzene rings is 2. The molecule has 2 amide bonds. The van der Waals surface area contributed by atoms with Crippen LogP contribution in [0, 0.1) is 0 Å². The third-order valence-corrected chi connectivity index (χ3v) is 4.36. The van der Waals surface area contributed by atoms with E-state index in [2.05, 4.69) is 20.6 Å². The summed E-state index contributed by atoms with van der Waals surface area (Å²) in [6.07, 6.45) is 1.57. The highest BCUT2D eigenvalue weighted by atomic mass is 16.3. The van der Waals surface area contributed by atoms with Gasteiger partial charge in [0, 0.05) is 16.6 Å². The first-order chi connectivity index (χ1) is 13.3. The first-order valence-corrected chi connectivity index (χ1v) is 8.52. The number of fused-ring (bicyclic) bond motifs is 4. The number of furan rings is 1. The Hall–Kier alpha value is -3.87. The Labute approximate surface area is 153 Å². The van der Waals surface area contributed by atoms with Gasteiger partial charge in [0.25, 0.3) is 0 Å². The highest BCUT2D eigenvalue weighted by Crippen LogP contribution is 2.27. The van der Waals surface area contributed by atoms with E-state index in [1.54, 1.807) is 18.4 Å². The van der Waals surface area contributed by atoms with Crippen LogP contribution < -0.4 is 10.6 Å². The van der Waals surface area contributed by atoms with Gasteiger partial charge in [-0.25, -0.2) is 14.8 Å². The van der Waals surface area contributed by atoms with Crippen LogP contribution in [0.5, 0.6) is 0 Å². The van der Waals surface area contributed by atoms with Crippen molar-refractivity contribution in [3.05, 3.63) is 66.6 Å². The number of aromatic nitrogens is 3. The highest BCUT2D eigenvalue weighted by Gasteiger charge is 2.10. The van der Waals surface area contributed by atoms with Crippen molar-refractivity contribution in [3.8, 4) is 0 Å². The number of H-pyrrole nitrogens is 1. The van der Waals surface area contributed by atoms with Crippen LogP contribution in [0.2, 0.25) is 0 Å². The quantitative estimate of drug-likeness (QED) is 0.451. The molecule has 2 aromatic carbocycles. The van der Waals surface area contributed by atoms with E-state index < -0.39 is 0 Å². The molecule has 3 aromatic heterocycles. The maximum absolute atomic E-state index is 12.1. The second kappa shape index (κ2) is 6.14. The minimum atomic E-state index is -0.304. The van der Waals surface area contributed by atoms with E-state index in [1.807, 2.05) is 42.5 Å². The van der Waals surface area contributed by atoms with Crippen LogP contribution >= 0.6 is 0 Å². The van der Waals surface area contributed by atoms with E-state index in [9.17, 15) is 4.79 Å². The zero-order valence-corrected chi connectivity index (χ0v) is 14.2. The molecule has 0 bridgehead atoms. The fourth-order valence-electron chi connectivity index (χ4n) is 3.09. The van der Waals surface area contributed by atoms with Gasteiger partial charge in [-0.2, -0.15) is 0 Å². The lowest BCUT2D eigenvalue weighted by Gasteiger charge is -2.06. The van der Waals surface area contributed by atoms with E-state index in [0.29, 0.717) is 18.0 Å². The van der Waals surface area contributed by atoms with Gasteiger partial charge < -0.3 is 20.0 Å². The molecule has 0 fully saturated rings. The van der Waals surface area contributed by atoms with Crippen LogP contribution in [0.1, 0.15) is 5.76 Å². The Morgan fingerprint density at radius 3 is 2.70 bits per heavy atom. The zero-order chi connectivity index (χ0) is 18.2. The largest absolute Gasteiger partial charge is 0.467 e. The molecule has 3 N–H and O–H groups in total. The minimum Gasteiger partial charge on any atom is -0.467 e. The summed E-state index contributed by atoms with van der Waals surface area (Å²) in [4.78, 5) is 24.8. The molecule has 0 saturated carbocycles. The van der Waals surface area contributed by atoms with Gasteiger partial charge in [-0.15, -0.1) is 0 Å².